The van der Waals surface area contributed by atoms with E-state index in [9.17, 15) is 4.79 Å². The predicted molar refractivity (Wildman–Crippen MR) is 96.8 cm³/mol. The van der Waals surface area contributed by atoms with Crippen LogP contribution in [0.5, 0.6) is 0 Å². The molecule has 1 aromatic carbocycles. The van der Waals surface area contributed by atoms with Gasteiger partial charge in [0.15, 0.2) is 5.69 Å². The first kappa shape index (κ1) is 15.5. The van der Waals surface area contributed by atoms with Gasteiger partial charge in [0.1, 0.15) is 12.2 Å². The van der Waals surface area contributed by atoms with Crippen LogP contribution in [0.1, 0.15) is 54.5 Å². The Hall–Kier alpha value is -2.70. The average molecular weight is 350 g/mol. The number of amides is 1. The summed E-state index contributed by atoms with van der Waals surface area (Å²) in [5.74, 6) is 1.09. The molecular formula is C19H22N6O. The Balaban J connectivity index is 1.32. The number of aromatic nitrogens is 5. The van der Waals surface area contributed by atoms with Gasteiger partial charge < -0.3 is 9.47 Å². The number of carbonyl (C=O) groups excluding carboxylic acids is 1. The SMILES string of the molecule is O=C(c1n[nH]c2ccccc12)N1CCCC1CCc1nncn1C1CC1. The number of nitrogens with one attached hydrogen (secondary N) is 1. The van der Waals surface area contributed by atoms with Crippen molar-refractivity contribution in [3.63, 3.8) is 0 Å². The van der Waals surface area contributed by atoms with Crippen LogP contribution in [0.2, 0.25) is 0 Å². The molecule has 134 valence electrons. The van der Waals surface area contributed by atoms with Crippen LogP contribution >= 0.6 is 0 Å². The highest BCUT2D eigenvalue weighted by molar-refractivity contribution is 6.04. The van der Waals surface area contributed by atoms with E-state index in [1.807, 2.05) is 35.5 Å². The smallest absolute Gasteiger partial charge is 0.275 e. The van der Waals surface area contributed by atoms with Crippen LogP contribution < -0.4 is 0 Å². The molecule has 2 aromatic heterocycles. The second-order valence-electron chi connectivity index (χ2n) is 7.34. The number of benzene rings is 1. The first-order chi connectivity index (χ1) is 12.8. The number of rotatable bonds is 5. The van der Waals surface area contributed by atoms with Crippen molar-refractivity contribution in [2.45, 2.75) is 50.6 Å². The standard InChI is InChI=1S/C19H22N6O/c26-19(18-15-5-1-2-6-16(15)21-23-18)24-11-3-4-13(24)9-10-17-22-20-12-25(17)14-7-8-14/h1-2,5-6,12-14H,3-4,7-11H2,(H,21,23). The maximum atomic E-state index is 13.1. The van der Waals surface area contributed by atoms with Gasteiger partial charge in [-0.2, -0.15) is 5.10 Å². The van der Waals surface area contributed by atoms with Crippen LogP contribution in [0, 0.1) is 0 Å². The van der Waals surface area contributed by atoms with Crippen molar-refractivity contribution < 1.29 is 4.79 Å². The summed E-state index contributed by atoms with van der Waals surface area (Å²) in [6.45, 7) is 0.806. The molecule has 1 saturated carbocycles. The highest BCUT2D eigenvalue weighted by Gasteiger charge is 2.32. The number of para-hydroxylation sites is 1. The summed E-state index contributed by atoms with van der Waals surface area (Å²) in [6.07, 6.45) is 8.20. The van der Waals surface area contributed by atoms with Gasteiger partial charge in [-0.25, -0.2) is 0 Å². The molecule has 26 heavy (non-hydrogen) atoms. The number of aryl methyl sites for hydroxylation is 1. The number of likely N-dealkylation sites (tertiary alicyclic amines) is 1. The van der Waals surface area contributed by atoms with Crippen molar-refractivity contribution in [2.75, 3.05) is 6.54 Å². The summed E-state index contributed by atoms with van der Waals surface area (Å²) in [5, 5.41) is 16.5. The molecule has 2 aliphatic rings. The van der Waals surface area contributed by atoms with Gasteiger partial charge in [-0.3, -0.25) is 9.89 Å². The van der Waals surface area contributed by atoms with Crippen LogP contribution in [0.15, 0.2) is 30.6 Å². The van der Waals surface area contributed by atoms with E-state index in [1.165, 1.54) is 12.8 Å². The minimum atomic E-state index is 0.0357. The van der Waals surface area contributed by atoms with Gasteiger partial charge in [0.05, 0.1) is 5.52 Å². The summed E-state index contributed by atoms with van der Waals surface area (Å²) >= 11 is 0. The van der Waals surface area contributed by atoms with Crippen LogP contribution in [-0.4, -0.2) is 48.4 Å². The molecule has 1 aliphatic heterocycles. The molecule has 1 unspecified atom stereocenters. The number of carbonyl (C=O) groups is 1. The fourth-order valence-electron chi connectivity index (χ4n) is 4.06. The molecule has 0 radical (unpaired) electrons. The molecule has 1 amide bonds. The second-order valence-corrected chi connectivity index (χ2v) is 7.34. The Morgan fingerprint density at radius 2 is 2.12 bits per heavy atom. The Kier molecular flexibility index (Phi) is 3.72. The quantitative estimate of drug-likeness (QED) is 0.767. The van der Waals surface area contributed by atoms with Gasteiger partial charge in [-0.1, -0.05) is 18.2 Å². The van der Waals surface area contributed by atoms with Gasteiger partial charge in [0.25, 0.3) is 5.91 Å². The largest absolute Gasteiger partial charge is 0.334 e. The van der Waals surface area contributed by atoms with Crippen molar-refractivity contribution in [1.29, 1.82) is 0 Å². The maximum Gasteiger partial charge on any atom is 0.275 e. The Morgan fingerprint density at radius 3 is 3.00 bits per heavy atom. The molecule has 1 aliphatic carbocycles. The highest BCUT2D eigenvalue weighted by atomic mass is 16.2. The second kappa shape index (κ2) is 6.23. The van der Waals surface area contributed by atoms with Gasteiger partial charge in [0.2, 0.25) is 0 Å². The monoisotopic (exact) mass is 350 g/mol. The number of nitrogens with zero attached hydrogens (tertiary/aromatic N) is 5. The lowest BCUT2D eigenvalue weighted by Crippen LogP contribution is -2.36. The van der Waals surface area contributed by atoms with Crippen molar-refractivity contribution >= 4 is 16.8 Å². The molecule has 3 aromatic rings. The Morgan fingerprint density at radius 1 is 1.23 bits per heavy atom. The number of hydrogen-bond donors (Lipinski definition) is 1. The number of H-pyrrole nitrogens is 1. The summed E-state index contributed by atoms with van der Waals surface area (Å²) in [6, 6.07) is 8.64. The van der Waals surface area contributed by atoms with Crippen molar-refractivity contribution in [1.82, 2.24) is 29.9 Å². The lowest BCUT2D eigenvalue weighted by atomic mass is 10.1. The first-order valence-corrected chi connectivity index (χ1v) is 9.44. The number of fused-ring (bicyclic) bond motifs is 1. The average Bonchev–Trinajstić information content (AvgIpc) is 3.10. The van der Waals surface area contributed by atoms with Crippen LogP contribution in [-0.2, 0) is 6.42 Å². The molecular weight excluding hydrogens is 328 g/mol. The molecule has 2 fully saturated rings. The molecule has 0 bridgehead atoms. The minimum Gasteiger partial charge on any atom is -0.334 e. The maximum absolute atomic E-state index is 13.1. The Bertz CT molecular complexity index is 940. The number of hydrogen-bond acceptors (Lipinski definition) is 4. The van der Waals surface area contributed by atoms with Crippen molar-refractivity contribution in [2.24, 2.45) is 0 Å². The zero-order chi connectivity index (χ0) is 17.5. The number of aromatic amines is 1. The summed E-state index contributed by atoms with van der Waals surface area (Å²) in [7, 11) is 0. The van der Waals surface area contributed by atoms with E-state index in [-0.39, 0.29) is 11.9 Å². The molecule has 1 atom stereocenters. The van der Waals surface area contributed by atoms with Crippen LogP contribution in [0.25, 0.3) is 10.9 Å². The van der Waals surface area contributed by atoms with E-state index >= 15 is 0 Å². The predicted octanol–water partition coefficient (Wildman–Crippen LogP) is 2.73. The molecule has 7 nitrogen and oxygen atoms in total. The minimum absolute atomic E-state index is 0.0357. The molecule has 1 saturated heterocycles. The molecule has 5 rings (SSSR count). The zero-order valence-corrected chi connectivity index (χ0v) is 14.6. The molecule has 3 heterocycles. The van der Waals surface area contributed by atoms with E-state index in [1.54, 1.807) is 0 Å². The van der Waals surface area contributed by atoms with E-state index in [2.05, 4.69) is 25.0 Å². The van der Waals surface area contributed by atoms with Gasteiger partial charge >= 0.3 is 0 Å². The van der Waals surface area contributed by atoms with Gasteiger partial charge in [-0.15, -0.1) is 10.2 Å². The van der Waals surface area contributed by atoms with Gasteiger partial charge in [0, 0.05) is 30.4 Å². The fraction of sp³-hybridized carbons (Fsp3) is 0.474. The van der Waals surface area contributed by atoms with E-state index in [0.29, 0.717) is 11.7 Å². The Labute approximate surface area is 151 Å². The lowest BCUT2D eigenvalue weighted by molar-refractivity contribution is 0.0726. The van der Waals surface area contributed by atoms with Crippen molar-refractivity contribution in [3.05, 3.63) is 42.1 Å². The zero-order valence-electron chi connectivity index (χ0n) is 14.6. The third-order valence-corrected chi connectivity index (χ3v) is 5.60. The van der Waals surface area contributed by atoms with Crippen molar-refractivity contribution in [3.8, 4) is 0 Å². The summed E-state index contributed by atoms with van der Waals surface area (Å²) in [4.78, 5) is 15.1. The topological polar surface area (TPSA) is 79.7 Å². The molecule has 1 N–H and O–H groups in total. The fourth-order valence-corrected chi connectivity index (χ4v) is 4.06. The van der Waals surface area contributed by atoms with Crippen LogP contribution in [0.4, 0.5) is 0 Å². The van der Waals surface area contributed by atoms with E-state index in [4.69, 9.17) is 0 Å². The highest BCUT2D eigenvalue weighted by Crippen LogP contribution is 2.35. The van der Waals surface area contributed by atoms with E-state index < -0.39 is 0 Å². The van der Waals surface area contributed by atoms with E-state index in [0.717, 1.165) is 49.0 Å². The summed E-state index contributed by atoms with van der Waals surface area (Å²) < 4.78 is 2.21. The van der Waals surface area contributed by atoms with Crippen LogP contribution in [0.3, 0.4) is 0 Å². The molecule has 0 spiro atoms. The lowest BCUT2D eigenvalue weighted by Gasteiger charge is -2.24. The first-order valence-electron chi connectivity index (χ1n) is 9.44. The third-order valence-electron chi connectivity index (χ3n) is 5.60. The third kappa shape index (κ3) is 2.67. The normalized spacial score (nSPS) is 20.2. The summed E-state index contributed by atoms with van der Waals surface area (Å²) in [5.41, 5.74) is 1.44. The molecule has 7 heteroatoms. The van der Waals surface area contributed by atoms with Gasteiger partial charge in [-0.05, 0) is 38.2 Å².